The molecule has 3 rings (SSSR count). The Labute approximate surface area is 172 Å². The first-order valence-electron chi connectivity index (χ1n) is 9.13. The zero-order valence-electron chi connectivity index (χ0n) is 16.2. The average Bonchev–Trinajstić information content (AvgIpc) is 3.16. The normalized spacial score (nSPS) is 14.8. The molecule has 0 radical (unpaired) electrons. The molecular formula is C19H24N4O3S2. The maximum atomic E-state index is 12.4. The number of hydrogen-bond acceptors (Lipinski definition) is 8. The van der Waals surface area contributed by atoms with Gasteiger partial charge >= 0.3 is 5.97 Å². The van der Waals surface area contributed by atoms with Gasteiger partial charge in [-0.3, -0.25) is 9.59 Å². The highest BCUT2D eigenvalue weighted by atomic mass is 32.2. The van der Waals surface area contributed by atoms with Gasteiger partial charge in [-0.05, 0) is 43.9 Å². The summed E-state index contributed by atoms with van der Waals surface area (Å²) in [5, 5.41) is 12.3. The fourth-order valence-corrected chi connectivity index (χ4v) is 4.73. The molecule has 150 valence electrons. The van der Waals surface area contributed by atoms with Crippen LogP contribution in [0.2, 0.25) is 0 Å². The standard InChI is InChI=1S/C19H24N4O3S2/c1-12-5-4-6-15(13(12)2)20-18-21-22-19(28-18)27-11-16(24)23-9-7-14(8-10-23)17(25)26-3/h4-6,14H,7-11H2,1-3H3,(H,20,21). The third-order valence-electron chi connectivity index (χ3n) is 4.95. The Kier molecular flexibility index (Phi) is 6.90. The molecule has 0 aliphatic carbocycles. The first kappa shape index (κ1) is 20.6. The van der Waals surface area contributed by atoms with Crippen LogP contribution in [-0.4, -0.2) is 52.9 Å². The van der Waals surface area contributed by atoms with Crippen LogP contribution in [0.25, 0.3) is 0 Å². The third kappa shape index (κ3) is 5.02. The molecule has 0 spiro atoms. The van der Waals surface area contributed by atoms with Gasteiger partial charge in [0, 0.05) is 18.8 Å². The quantitative estimate of drug-likeness (QED) is 0.566. The number of ether oxygens (including phenoxy) is 1. The van der Waals surface area contributed by atoms with Crippen molar-refractivity contribution in [1.82, 2.24) is 15.1 Å². The topological polar surface area (TPSA) is 84.4 Å². The predicted octanol–water partition coefficient (Wildman–Crippen LogP) is 3.40. The van der Waals surface area contributed by atoms with E-state index in [2.05, 4.69) is 35.4 Å². The first-order valence-corrected chi connectivity index (χ1v) is 10.9. The number of aromatic nitrogens is 2. The maximum Gasteiger partial charge on any atom is 0.308 e. The van der Waals surface area contributed by atoms with Crippen LogP contribution in [-0.2, 0) is 14.3 Å². The molecule has 2 heterocycles. The summed E-state index contributed by atoms with van der Waals surface area (Å²) >= 11 is 2.83. The number of thioether (sulfide) groups is 1. The summed E-state index contributed by atoms with van der Waals surface area (Å²) in [7, 11) is 1.40. The lowest BCUT2D eigenvalue weighted by atomic mass is 9.97. The number of esters is 1. The highest BCUT2D eigenvalue weighted by molar-refractivity contribution is 8.01. The summed E-state index contributed by atoms with van der Waals surface area (Å²) in [4.78, 5) is 25.8. The second-order valence-electron chi connectivity index (χ2n) is 6.71. The van der Waals surface area contributed by atoms with Crippen LogP contribution in [0.3, 0.4) is 0 Å². The van der Waals surface area contributed by atoms with Crippen LogP contribution < -0.4 is 5.32 Å². The second-order valence-corrected chi connectivity index (χ2v) is 8.91. The van der Waals surface area contributed by atoms with Crippen LogP contribution in [0, 0.1) is 19.8 Å². The van der Waals surface area contributed by atoms with Crippen LogP contribution in [0.1, 0.15) is 24.0 Å². The Morgan fingerprint density at radius 1 is 1.29 bits per heavy atom. The second kappa shape index (κ2) is 9.38. The summed E-state index contributed by atoms with van der Waals surface area (Å²) in [5.74, 6) is 0.108. The van der Waals surface area contributed by atoms with Gasteiger partial charge in [0.2, 0.25) is 11.0 Å². The molecule has 0 bridgehead atoms. The number of carbonyl (C=O) groups is 2. The molecule has 1 aliphatic heterocycles. The fourth-order valence-electron chi connectivity index (χ4n) is 3.07. The van der Waals surface area contributed by atoms with E-state index < -0.39 is 0 Å². The predicted molar refractivity (Wildman–Crippen MR) is 111 cm³/mol. The molecule has 7 nitrogen and oxygen atoms in total. The van der Waals surface area contributed by atoms with E-state index in [1.54, 1.807) is 0 Å². The number of anilines is 2. The van der Waals surface area contributed by atoms with Gasteiger partial charge < -0.3 is 15.0 Å². The number of nitrogens with zero attached hydrogens (tertiary/aromatic N) is 3. The zero-order chi connectivity index (χ0) is 20.1. The molecule has 1 fully saturated rings. The molecule has 28 heavy (non-hydrogen) atoms. The van der Waals surface area contributed by atoms with Gasteiger partial charge in [0.1, 0.15) is 0 Å². The minimum atomic E-state index is -0.181. The van der Waals surface area contributed by atoms with Crippen molar-refractivity contribution in [1.29, 1.82) is 0 Å². The van der Waals surface area contributed by atoms with E-state index in [-0.39, 0.29) is 17.8 Å². The lowest BCUT2D eigenvalue weighted by Gasteiger charge is -2.30. The molecule has 1 saturated heterocycles. The van der Waals surface area contributed by atoms with E-state index in [0.29, 0.717) is 36.8 Å². The molecular weight excluding hydrogens is 396 g/mol. The zero-order valence-corrected chi connectivity index (χ0v) is 17.9. The number of piperidine rings is 1. The van der Waals surface area contributed by atoms with Crippen molar-refractivity contribution < 1.29 is 14.3 Å². The Balaban J connectivity index is 1.49. The maximum absolute atomic E-state index is 12.4. The van der Waals surface area contributed by atoms with Crippen molar-refractivity contribution >= 4 is 45.8 Å². The Hall–Kier alpha value is -2.13. The smallest absolute Gasteiger partial charge is 0.308 e. The number of hydrogen-bond donors (Lipinski definition) is 1. The molecule has 0 atom stereocenters. The Bertz CT molecular complexity index is 847. The summed E-state index contributed by atoms with van der Waals surface area (Å²) in [6.45, 7) is 5.32. The molecule has 1 aliphatic rings. The largest absolute Gasteiger partial charge is 0.469 e. The van der Waals surface area contributed by atoms with E-state index in [4.69, 9.17) is 4.74 Å². The SMILES string of the molecule is COC(=O)C1CCN(C(=O)CSc2nnc(Nc3cccc(C)c3C)s2)CC1. The van der Waals surface area contributed by atoms with Gasteiger partial charge in [-0.2, -0.15) is 0 Å². The number of amides is 1. The highest BCUT2D eigenvalue weighted by Gasteiger charge is 2.27. The van der Waals surface area contributed by atoms with Gasteiger partial charge in [0.25, 0.3) is 0 Å². The van der Waals surface area contributed by atoms with Crippen LogP contribution in [0.5, 0.6) is 0 Å². The van der Waals surface area contributed by atoms with E-state index in [0.717, 1.165) is 10.0 Å². The lowest BCUT2D eigenvalue weighted by Crippen LogP contribution is -2.41. The van der Waals surface area contributed by atoms with Gasteiger partial charge in [-0.15, -0.1) is 10.2 Å². The van der Waals surface area contributed by atoms with Gasteiger partial charge in [-0.1, -0.05) is 35.2 Å². The van der Waals surface area contributed by atoms with Crippen LogP contribution in [0.15, 0.2) is 22.5 Å². The number of likely N-dealkylation sites (tertiary alicyclic amines) is 1. The van der Waals surface area contributed by atoms with E-state index in [1.165, 1.54) is 41.3 Å². The van der Waals surface area contributed by atoms with Crippen molar-refractivity contribution in [2.24, 2.45) is 5.92 Å². The Morgan fingerprint density at radius 2 is 2.04 bits per heavy atom. The number of methoxy groups -OCH3 is 1. The summed E-state index contributed by atoms with van der Waals surface area (Å²) in [6.07, 6.45) is 1.32. The molecule has 2 aromatic rings. The molecule has 0 unspecified atom stereocenters. The molecule has 9 heteroatoms. The van der Waals surface area contributed by atoms with Gasteiger partial charge in [-0.25, -0.2) is 0 Å². The minimum Gasteiger partial charge on any atom is -0.469 e. The van der Waals surface area contributed by atoms with Crippen LogP contribution >= 0.6 is 23.1 Å². The summed E-state index contributed by atoms with van der Waals surface area (Å²) < 4.78 is 5.54. The van der Waals surface area contributed by atoms with E-state index >= 15 is 0 Å². The van der Waals surface area contributed by atoms with Crippen molar-refractivity contribution in [3.05, 3.63) is 29.3 Å². The number of nitrogens with one attached hydrogen (secondary N) is 1. The Morgan fingerprint density at radius 3 is 2.75 bits per heavy atom. The first-order chi connectivity index (χ1) is 13.5. The van der Waals surface area contributed by atoms with Crippen molar-refractivity contribution in [2.45, 2.75) is 31.0 Å². The molecule has 0 saturated carbocycles. The number of carbonyl (C=O) groups excluding carboxylic acids is 2. The lowest BCUT2D eigenvalue weighted by molar-refractivity contribution is -0.148. The van der Waals surface area contributed by atoms with E-state index in [9.17, 15) is 9.59 Å². The van der Waals surface area contributed by atoms with Crippen molar-refractivity contribution in [3.8, 4) is 0 Å². The fraction of sp³-hybridized carbons (Fsp3) is 0.474. The third-order valence-corrected chi connectivity index (χ3v) is 6.91. The van der Waals surface area contributed by atoms with Gasteiger partial charge in [0.15, 0.2) is 4.34 Å². The minimum absolute atomic E-state index is 0.0625. The average molecular weight is 421 g/mol. The highest BCUT2D eigenvalue weighted by Crippen LogP contribution is 2.30. The van der Waals surface area contributed by atoms with Crippen molar-refractivity contribution in [2.75, 3.05) is 31.3 Å². The van der Waals surface area contributed by atoms with Crippen LogP contribution in [0.4, 0.5) is 10.8 Å². The molecule has 1 amide bonds. The molecule has 1 aromatic carbocycles. The summed E-state index contributed by atoms with van der Waals surface area (Å²) in [5.41, 5.74) is 3.40. The molecule has 1 aromatic heterocycles. The van der Waals surface area contributed by atoms with Gasteiger partial charge in [0.05, 0.1) is 18.8 Å². The number of aryl methyl sites for hydroxylation is 1. The number of rotatable bonds is 6. The molecule has 1 N–H and O–H groups in total. The number of benzene rings is 1. The monoisotopic (exact) mass is 420 g/mol. The van der Waals surface area contributed by atoms with Crippen molar-refractivity contribution in [3.63, 3.8) is 0 Å². The van der Waals surface area contributed by atoms with E-state index in [1.807, 2.05) is 17.0 Å². The summed E-state index contributed by atoms with van der Waals surface area (Å²) in [6, 6.07) is 6.09.